The largest absolute Gasteiger partial charge is 0.493 e. The van der Waals surface area contributed by atoms with Crippen LogP contribution in [0.5, 0.6) is 11.5 Å². The quantitative estimate of drug-likeness (QED) is 0.337. The number of hydrogen-bond donors (Lipinski definition) is 1. The number of methoxy groups -OCH3 is 1. The number of likely N-dealkylation sites (tertiary alicyclic amines) is 1. The fourth-order valence-electron chi connectivity index (χ4n) is 8.91. The minimum Gasteiger partial charge on any atom is -0.493 e. The molecule has 3 amide bonds. The third-order valence-corrected chi connectivity index (χ3v) is 13.4. The number of alkyl halides is 3. The van der Waals surface area contributed by atoms with Crippen molar-refractivity contribution in [2.75, 3.05) is 31.7 Å². The molecule has 9 nitrogen and oxygen atoms in total. The topological polar surface area (TPSA) is 109 Å². The standard InChI is InChI=1S/C34H32F3N3O6S2/c1-45-22-13-16(9-10-21(22)46-15-23(41)39-11-5-2-6-12-39)24-25-17-14-18(28(25)47-30-29(24)48-33(44)38-30)27-26(17)31(42)40(32(27)43)20-8-4-3-7-19(20)34(35,36)37/h3-4,7-10,13,17-18,24-28H,2,5-6,11-12,14-15H2,1H3,(H,38,44)/t17?,18?,24-,25?,26?,27?,28?/m1/s1. The van der Waals surface area contributed by atoms with Gasteiger partial charge in [0.25, 0.3) is 5.91 Å². The van der Waals surface area contributed by atoms with Gasteiger partial charge >= 0.3 is 11.0 Å². The van der Waals surface area contributed by atoms with Gasteiger partial charge in [0.15, 0.2) is 18.1 Å². The van der Waals surface area contributed by atoms with Crippen LogP contribution in [0.4, 0.5) is 18.9 Å². The van der Waals surface area contributed by atoms with Crippen LogP contribution in [-0.2, 0) is 20.6 Å². The van der Waals surface area contributed by atoms with E-state index in [1.807, 2.05) is 12.1 Å². The second-order valence-electron chi connectivity index (χ2n) is 13.1. The first-order chi connectivity index (χ1) is 23.1. The normalized spacial score (nSPS) is 29.1. The van der Waals surface area contributed by atoms with Crippen molar-refractivity contribution in [2.24, 2.45) is 29.6 Å². The number of nitrogens with zero attached hydrogens (tertiary/aromatic N) is 2. The van der Waals surface area contributed by atoms with Gasteiger partial charge in [-0.05, 0) is 73.3 Å². The first-order valence-corrected chi connectivity index (χ1v) is 17.8. The Labute approximate surface area is 281 Å². The Morgan fingerprint density at radius 2 is 1.71 bits per heavy atom. The number of H-pyrrole nitrogens is 1. The summed E-state index contributed by atoms with van der Waals surface area (Å²) in [6, 6.07) is 10.2. The number of benzene rings is 2. The molecule has 0 spiro atoms. The molecule has 1 N–H and O–H groups in total. The number of thioether (sulfide) groups is 1. The van der Waals surface area contributed by atoms with Crippen LogP contribution in [0.1, 0.15) is 47.6 Å². The van der Waals surface area contributed by atoms with E-state index in [4.69, 9.17) is 9.47 Å². The summed E-state index contributed by atoms with van der Waals surface area (Å²) in [6.45, 7) is 1.31. The molecule has 2 bridgehead atoms. The van der Waals surface area contributed by atoms with E-state index in [-0.39, 0.29) is 46.3 Å². The zero-order valence-electron chi connectivity index (χ0n) is 25.8. The molecule has 48 heavy (non-hydrogen) atoms. The molecule has 2 aliphatic carbocycles. The van der Waals surface area contributed by atoms with E-state index in [9.17, 15) is 32.3 Å². The molecule has 5 aliphatic rings. The maximum Gasteiger partial charge on any atom is 0.418 e. The second-order valence-corrected chi connectivity index (χ2v) is 15.3. The number of halogens is 3. The number of anilines is 1. The summed E-state index contributed by atoms with van der Waals surface area (Å²) in [6.07, 6.45) is -1.09. The number of thiazole rings is 1. The number of carbonyl (C=O) groups excluding carboxylic acids is 3. The highest BCUT2D eigenvalue weighted by Gasteiger charge is 2.70. The van der Waals surface area contributed by atoms with Gasteiger partial charge in [-0.1, -0.05) is 29.5 Å². The van der Waals surface area contributed by atoms with E-state index in [0.29, 0.717) is 36.0 Å². The lowest BCUT2D eigenvalue weighted by molar-refractivity contribution is -0.137. The van der Waals surface area contributed by atoms with Gasteiger partial charge in [-0.2, -0.15) is 13.2 Å². The minimum absolute atomic E-state index is 0.0890. The van der Waals surface area contributed by atoms with Crippen LogP contribution in [0.2, 0.25) is 0 Å². The molecule has 6 unspecified atom stereocenters. The number of aromatic amines is 1. The van der Waals surface area contributed by atoms with Crippen LogP contribution in [0, 0.1) is 29.6 Å². The van der Waals surface area contributed by atoms with Crippen molar-refractivity contribution in [1.29, 1.82) is 0 Å². The molecule has 3 aliphatic heterocycles. The monoisotopic (exact) mass is 699 g/mol. The van der Waals surface area contributed by atoms with Crippen molar-refractivity contribution in [1.82, 2.24) is 9.88 Å². The highest BCUT2D eigenvalue weighted by atomic mass is 32.2. The van der Waals surface area contributed by atoms with Gasteiger partial charge in [-0.25, -0.2) is 4.90 Å². The van der Waals surface area contributed by atoms with Gasteiger partial charge in [0, 0.05) is 29.1 Å². The van der Waals surface area contributed by atoms with Gasteiger partial charge in [0.2, 0.25) is 11.8 Å². The number of hydrogen-bond acceptors (Lipinski definition) is 8. The molecule has 0 radical (unpaired) electrons. The average Bonchev–Trinajstić information content (AvgIpc) is 3.82. The summed E-state index contributed by atoms with van der Waals surface area (Å²) < 4.78 is 53.6. The van der Waals surface area contributed by atoms with Crippen molar-refractivity contribution < 1.29 is 37.0 Å². The summed E-state index contributed by atoms with van der Waals surface area (Å²) in [4.78, 5) is 59.5. The molecule has 2 aromatic carbocycles. The van der Waals surface area contributed by atoms with E-state index in [0.717, 1.165) is 52.0 Å². The number of fused-ring (bicyclic) bond motifs is 9. The molecular weight excluding hydrogens is 668 g/mol. The first kappa shape index (κ1) is 31.5. The van der Waals surface area contributed by atoms with Crippen LogP contribution in [-0.4, -0.2) is 59.7 Å². The van der Waals surface area contributed by atoms with E-state index in [1.165, 1.54) is 37.1 Å². The third-order valence-electron chi connectivity index (χ3n) is 10.8. The average molecular weight is 700 g/mol. The van der Waals surface area contributed by atoms with E-state index >= 15 is 0 Å². The molecular formula is C34H32F3N3O6S2. The van der Waals surface area contributed by atoms with Gasteiger partial charge in [0.1, 0.15) is 0 Å². The molecule has 1 aromatic heterocycles. The molecule has 4 fully saturated rings. The van der Waals surface area contributed by atoms with Crippen LogP contribution in [0.15, 0.2) is 52.3 Å². The SMILES string of the molecule is COc1cc([C@H]2c3sc(=O)[nH]c3SC3C4CC(C5C(=O)N(c6ccccc6C(F)(F)F)C(=O)C45)C32)ccc1OCC(=O)N1CCCCC1. The Morgan fingerprint density at radius 1 is 0.979 bits per heavy atom. The maximum absolute atomic E-state index is 14.0. The predicted octanol–water partition coefficient (Wildman–Crippen LogP) is 5.53. The van der Waals surface area contributed by atoms with E-state index < -0.39 is 41.1 Å². The number of nitrogens with one attached hydrogen (secondary N) is 1. The Morgan fingerprint density at radius 3 is 2.44 bits per heavy atom. The van der Waals surface area contributed by atoms with Crippen LogP contribution in [0.3, 0.4) is 0 Å². The number of rotatable bonds is 6. The molecule has 2 saturated carbocycles. The summed E-state index contributed by atoms with van der Waals surface area (Å²) in [5.41, 5.74) is -0.618. The van der Waals surface area contributed by atoms with Crippen molar-refractivity contribution in [3.8, 4) is 11.5 Å². The Hall–Kier alpha value is -3.78. The van der Waals surface area contributed by atoms with Crippen LogP contribution >= 0.6 is 23.1 Å². The predicted molar refractivity (Wildman–Crippen MR) is 171 cm³/mol. The molecule has 14 heteroatoms. The lowest BCUT2D eigenvalue weighted by atomic mass is 9.68. The summed E-state index contributed by atoms with van der Waals surface area (Å²) in [5.74, 6) is -2.95. The number of aromatic nitrogens is 1. The van der Waals surface area contributed by atoms with Gasteiger partial charge in [-0.15, -0.1) is 11.8 Å². The zero-order valence-corrected chi connectivity index (χ0v) is 27.5. The number of amides is 3. The lowest BCUT2D eigenvalue weighted by Gasteiger charge is -2.43. The van der Waals surface area contributed by atoms with Gasteiger partial charge < -0.3 is 19.4 Å². The second kappa shape index (κ2) is 11.7. The maximum atomic E-state index is 14.0. The van der Waals surface area contributed by atoms with Crippen molar-refractivity contribution >= 4 is 46.5 Å². The fourth-order valence-corrected chi connectivity index (χ4v) is 11.8. The van der Waals surface area contributed by atoms with E-state index in [1.54, 1.807) is 11.0 Å². The zero-order chi connectivity index (χ0) is 33.5. The summed E-state index contributed by atoms with van der Waals surface area (Å²) >= 11 is 2.60. The van der Waals surface area contributed by atoms with E-state index in [2.05, 4.69) is 4.98 Å². The minimum atomic E-state index is -4.74. The summed E-state index contributed by atoms with van der Waals surface area (Å²) in [7, 11) is 1.51. The fraction of sp³-hybridized carbons (Fsp3) is 0.471. The number of ether oxygens (including phenoxy) is 2. The smallest absolute Gasteiger partial charge is 0.418 e. The molecule has 7 atom stereocenters. The first-order valence-electron chi connectivity index (χ1n) is 16.1. The van der Waals surface area contributed by atoms with Crippen molar-refractivity contribution in [2.45, 2.75) is 48.1 Å². The molecule has 252 valence electrons. The number of piperidine rings is 1. The Kier molecular flexibility index (Phi) is 7.66. The Bertz CT molecular complexity index is 1870. The third kappa shape index (κ3) is 4.88. The molecule has 3 aromatic rings. The number of imide groups is 1. The summed E-state index contributed by atoms with van der Waals surface area (Å²) in [5, 5.41) is 0.570. The lowest BCUT2D eigenvalue weighted by Crippen LogP contribution is -2.42. The number of carbonyl (C=O) groups is 3. The van der Waals surface area contributed by atoms with Gasteiger partial charge in [-0.3, -0.25) is 19.2 Å². The van der Waals surface area contributed by atoms with Crippen LogP contribution in [0.25, 0.3) is 0 Å². The van der Waals surface area contributed by atoms with Crippen molar-refractivity contribution in [3.63, 3.8) is 0 Å². The Balaban J connectivity index is 1.12. The number of para-hydroxylation sites is 1. The molecule has 2 saturated heterocycles. The van der Waals surface area contributed by atoms with Crippen LogP contribution < -0.4 is 19.2 Å². The van der Waals surface area contributed by atoms with Crippen molar-refractivity contribution in [3.05, 3.63) is 68.1 Å². The molecule has 4 heterocycles. The highest BCUT2D eigenvalue weighted by Crippen LogP contribution is 2.69. The molecule has 8 rings (SSSR count). The van der Waals surface area contributed by atoms with Gasteiger partial charge in [0.05, 0.1) is 35.2 Å². The highest BCUT2D eigenvalue weighted by molar-refractivity contribution is 8.00.